The van der Waals surface area contributed by atoms with Crippen molar-refractivity contribution in [3.8, 4) is 0 Å². The maximum atomic E-state index is 14.2. The predicted octanol–water partition coefficient (Wildman–Crippen LogP) is 5.37. The lowest BCUT2D eigenvalue weighted by Crippen LogP contribution is -2.60. The van der Waals surface area contributed by atoms with Gasteiger partial charge in [0, 0.05) is 63.7 Å². The van der Waals surface area contributed by atoms with E-state index in [4.69, 9.17) is 0 Å². The van der Waals surface area contributed by atoms with Gasteiger partial charge < -0.3 is 14.7 Å². The number of rotatable bonds is 5. The van der Waals surface area contributed by atoms with E-state index in [2.05, 4.69) is 44.4 Å². The molecule has 2 bridgehead atoms. The van der Waals surface area contributed by atoms with Crippen molar-refractivity contribution in [2.24, 2.45) is 11.3 Å². The third-order valence-electron chi connectivity index (χ3n) is 9.29. The number of carbonyl (C=O) groups excluding carboxylic acids is 2. The lowest BCUT2D eigenvalue weighted by Gasteiger charge is -2.50. The molecule has 1 spiro atoms. The second kappa shape index (κ2) is 10.6. The topological polar surface area (TPSA) is 47.1 Å². The fourth-order valence-electron chi connectivity index (χ4n) is 7.99. The normalized spacial score (nSPS) is 31.6. The Hall–Kier alpha value is -1.86. The van der Waals surface area contributed by atoms with E-state index >= 15 is 0 Å². The molecule has 4 fully saturated rings. The Bertz CT molecular complexity index is 1030. The maximum absolute atomic E-state index is 14.2. The van der Waals surface area contributed by atoms with Gasteiger partial charge in [-0.1, -0.05) is 32.9 Å². The van der Waals surface area contributed by atoms with E-state index in [9.17, 15) is 14.0 Å². The van der Waals surface area contributed by atoms with E-state index in [1.807, 2.05) is 22.9 Å². The van der Waals surface area contributed by atoms with Crippen LogP contribution in [-0.2, 0) is 4.79 Å². The van der Waals surface area contributed by atoms with Crippen LogP contribution in [0.1, 0.15) is 78.2 Å². The van der Waals surface area contributed by atoms with Crippen molar-refractivity contribution < 1.29 is 14.0 Å². The number of halogens is 2. The Labute approximate surface area is 234 Å². The van der Waals surface area contributed by atoms with Crippen LogP contribution >= 0.6 is 12.4 Å². The minimum absolute atomic E-state index is 0. The molecule has 6 nitrogen and oxygen atoms in total. The van der Waals surface area contributed by atoms with E-state index in [0.29, 0.717) is 25.0 Å². The molecule has 4 heterocycles. The summed E-state index contributed by atoms with van der Waals surface area (Å²) in [6, 6.07) is 8.24. The number of hydrogen-bond acceptors (Lipinski definition) is 3. The summed E-state index contributed by atoms with van der Waals surface area (Å²) in [6.07, 6.45) is 4.89. The molecule has 0 saturated carbocycles. The number of piperidine rings is 1. The maximum Gasteiger partial charge on any atom is 0.320 e. The van der Waals surface area contributed by atoms with Crippen LogP contribution in [0.3, 0.4) is 0 Å². The molecule has 5 rings (SSSR count). The van der Waals surface area contributed by atoms with Gasteiger partial charge >= 0.3 is 6.03 Å². The van der Waals surface area contributed by atoms with Crippen LogP contribution in [0.25, 0.3) is 0 Å². The van der Waals surface area contributed by atoms with Crippen molar-refractivity contribution in [3.05, 3.63) is 35.6 Å². The highest BCUT2D eigenvalue weighted by Crippen LogP contribution is 2.48. The molecule has 4 aliphatic rings. The van der Waals surface area contributed by atoms with Crippen molar-refractivity contribution in [3.63, 3.8) is 0 Å². The van der Waals surface area contributed by atoms with Gasteiger partial charge in [-0.2, -0.15) is 0 Å². The molecule has 0 radical (unpaired) electrons. The van der Waals surface area contributed by atoms with Gasteiger partial charge in [0.25, 0.3) is 0 Å². The number of amides is 3. The molecule has 0 aromatic heterocycles. The van der Waals surface area contributed by atoms with Crippen molar-refractivity contribution >= 4 is 24.3 Å². The first-order valence-electron chi connectivity index (χ1n) is 14.2. The Kier molecular flexibility index (Phi) is 8.13. The van der Waals surface area contributed by atoms with Gasteiger partial charge in [0.1, 0.15) is 5.82 Å². The zero-order chi connectivity index (χ0) is 26.7. The van der Waals surface area contributed by atoms with Gasteiger partial charge in [0.15, 0.2) is 0 Å². The lowest BCUT2D eigenvalue weighted by molar-refractivity contribution is -0.132. The van der Waals surface area contributed by atoms with Crippen LogP contribution in [-0.4, -0.2) is 88.4 Å². The average Bonchev–Trinajstić information content (AvgIpc) is 3.39. The van der Waals surface area contributed by atoms with E-state index in [1.54, 1.807) is 12.1 Å². The Balaban J connectivity index is 0.00000336. The predicted molar refractivity (Wildman–Crippen MR) is 151 cm³/mol. The first-order valence-corrected chi connectivity index (χ1v) is 14.2. The number of carbonyl (C=O) groups is 2. The fourth-order valence-corrected chi connectivity index (χ4v) is 7.99. The summed E-state index contributed by atoms with van der Waals surface area (Å²) < 4.78 is 14.2. The van der Waals surface area contributed by atoms with Crippen molar-refractivity contribution in [1.82, 2.24) is 19.6 Å². The van der Waals surface area contributed by atoms with Crippen molar-refractivity contribution in [1.29, 1.82) is 0 Å². The molecule has 0 aliphatic carbocycles. The average molecular weight is 549 g/mol. The molecule has 1 aromatic carbocycles. The van der Waals surface area contributed by atoms with E-state index < -0.39 is 0 Å². The number of fused-ring (bicyclic) bond motifs is 2. The largest absolute Gasteiger partial charge is 0.342 e. The van der Waals surface area contributed by atoms with Gasteiger partial charge in [0.2, 0.25) is 5.91 Å². The molecule has 1 aromatic rings. The van der Waals surface area contributed by atoms with Crippen LogP contribution in [0.15, 0.2) is 24.3 Å². The van der Waals surface area contributed by atoms with Gasteiger partial charge in [-0.25, -0.2) is 9.18 Å². The summed E-state index contributed by atoms with van der Waals surface area (Å²) in [7, 11) is 1.94. The first kappa shape index (κ1) is 29.1. The second-order valence-corrected chi connectivity index (χ2v) is 13.8. The number of urea groups is 1. The molecule has 4 saturated heterocycles. The molecule has 38 heavy (non-hydrogen) atoms. The number of hydrogen-bond donors (Lipinski definition) is 0. The highest BCUT2D eigenvalue weighted by atomic mass is 35.5. The highest BCUT2D eigenvalue weighted by Gasteiger charge is 2.57. The number of likely N-dealkylation sites (tertiary alicyclic amines) is 1. The molecule has 4 atom stereocenters. The zero-order valence-electron chi connectivity index (χ0n) is 24.0. The Morgan fingerprint density at radius 1 is 1.13 bits per heavy atom. The third kappa shape index (κ3) is 5.42. The summed E-state index contributed by atoms with van der Waals surface area (Å²) in [5, 5.41) is 0. The highest BCUT2D eigenvalue weighted by molar-refractivity contribution is 5.85. The molecule has 3 amide bonds. The molecule has 0 N–H and O–H groups in total. The number of nitrogens with zero attached hydrogens (tertiary/aromatic N) is 4. The van der Waals surface area contributed by atoms with Crippen LogP contribution in [0, 0.1) is 17.2 Å². The standard InChI is InChI=1S/C30H45FN4O2.ClH/c1-20(2)35-28(37)32(6)19-30(35)13-24-10-11-25(14-30)34(24)17-22-16-33(27(36)15-29(3,4)5)18-26(22)21-8-7-9-23(31)12-21;/h7-9,12,20,22,24-26H,10-11,13-19H2,1-6H3;1H/t22-,24?,25?,26-,30?;/m1./s1. The van der Waals surface area contributed by atoms with E-state index in [1.165, 1.54) is 18.9 Å². The minimum atomic E-state index is -0.209. The van der Waals surface area contributed by atoms with Crippen molar-refractivity contribution in [2.75, 3.05) is 33.2 Å². The van der Waals surface area contributed by atoms with Crippen LogP contribution in [0.2, 0.25) is 0 Å². The summed E-state index contributed by atoms with van der Waals surface area (Å²) in [4.78, 5) is 35.0. The van der Waals surface area contributed by atoms with Crippen LogP contribution < -0.4 is 0 Å². The second-order valence-electron chi connectivity index (χ2n) is 13.8. The lowest BCUT2D eigenvalue weighted by atomic mass is 9.80. The van der Waals surface area contributed by atoms with Crippen LogP contribution in [0.4, 0.5) is 9.18 Å². The van der Waals surface area contributed by atoms with E-state index in [-0.39, 0.29) is 59.0 Å². The zero-order valence-corrected chi connectivity index (χ0v) is 24.8. The number of likely N-dealkylation sites (N-methyl/N-ethyl adjacent to an activating group) is 1. The van der Waals surface area contributed by atoms with Gasteiger partial charge in [-0.05, 0) is 68.6 Å². The Morgan fingerprint density at radius 2 is 1.79 bits per heavy atom. The first-order chi connectivity index (χ1) is 17.4. The summed E-state index contributed by atoms with van der Waals surface area (Å²) in [5.74, 6) is 0.412. The smallest absolute Gasteiger partial charge is 0.320 e. The summed E-state index contributed by atoms with van der Waals surface area (Å²) in [5.41, 5.74) is 0.873. The summed E-state index contributed by atoms with van der Waals surface area (Å²) in [6.45, 7) is 13.7. The molecule has 4 aliphatic heterocycles. The fraction of sp³-hybridized carbons (Fsp3) is 0.733. The molecular weight excluding hydrogens is 503 g/mol. The minimum Gasteiger partial charge on any atom is -0.342 e. The summed E-state index contributed by atoms with van der Waals surface area (Å²) >= 11 is 0. The molecule has 212 valence electrons. The number of benzene rings is 1. The van der Waals surface area contributed by atoms with Crippen LogP contribution in [0.5, 0.6) is 0 Å². The monoisotopic (exact) mass is 548 g/mol. The molecule has 8 heteroatoms. The Morgan fingerprint density at radius 3 is 2.37 bits per heavy atom. The molecule has 2 unspecified atom stereocenters. The van der Waals surface area contributed by atoms with Gasteiger partial charge in [-0.3, -0.25) is 9.69 Å². The van der Waals surface area contributed by atoms with Gasteiger partial charge in [-0.15, -0.1) is 12.4 Å². The van der Waals surface area contributed by atoms with Gasteiger partial charge in [0.05, 0.1) is 5.54 Å². The van der Waals surface area contributed by atoms with Crippen molar-refractivity contribution in [2.45, 2.75) is 96.3 Å². The SMILES string of the molecule is CC(C)N1C(=O)N(C)CC12CC1CCC(C2)N1C[C@H]1CN(C(=O)CC(C)(C)C)C[C@@H]1c1cccc(F)c1.Cl. The van der Waals surface area contributed by atoms with E-state index in [0.717, 1.165) is 38.0 Å². The molecular formula is C30H46ClFN4O2. The third-order valence-corrected chi connectivity index (χ3v) is 9.29. The quantitative estimate of drug-likeness (QED) is 0.497.